The molecular weight excluding hydrogens is 282 g/mol. The highest BCUT2D eigenvalue weighted by molar-refractivity contribution is 5.95. The smallest absolute Gasteiger partial charge is 0.335 e. The summed E-state index contributed by atoms with van der Waals surface area (Å²) in [4.78, 5) is 22.9. The predicted molar refractivity (Wildman–Crippen MR) is 81.9 cm³/mol. The Kier molecular flexibility index (Phi) is 4.60. The minimum atomic E-state index is -1.01. The number of carboxylic acids is 1. The average Bonchev–Trinajstić information content (AvgIpc) is 2.79. The van der Waals surface area contributed by atoms with E-state index in [1.165, 1.54) is 24.3 Å². The SMILES string of the molecule is CCn1nc(C)c(CNC(=O)c2ccc(C(=O)O)cc2)c1C. The molecule has 1 heterocycles. The molecule has 1 amide bonds. The number of rotatable bonds is 5. The van der Waals surface area contributed by atoms with Gasteiger partial charge < -0.3 is 10.4 Å². The summed E-state index contributed by atoms with van der Waals surface area (Å²) in [6, 6.07) is 5.85. The second-order valence-electron chi connectivity index (χ2n) is 5.03. The lowest BCUT2D eigenvalue weighted by Gasteiger charge is -2.06. The van der Waals surface area contributed by atoms with Crippen LogP contribution < -0.4 is 5.32 Å². The van der Waals surface area contributed by atoms with Crippen molar-refractivity contribution in [1.29, 1.82) is 0 Å². The topological polar surface area (TPSA) is 84.2 Å². The lowest BCUT2D eigenvalue weighted by atomic mass is 10.1. The first-order valence-electron chi connectivity index (χ1n) is 7.08. The molecule has 22 heavy (non-hydrogen) atoms. The highest BCUT2D eigenvalue weighted by Gasteiger charge is 2.13. The van der Waals surface area contributed by atoms with Crippen LogP contribution in [0.25, 0.3) is 0 Å². The quantitative estimate of drug-likeness (QED) is 0.886. The Labute approximate surface area is 128 Å². The van der Waals surface area contributed by atoms with E-state index in [1.54, 1.807) is 0 Å². The summed E-state index contributed by atoms with van der Waals surface area (Å²) < 4.78 is 1.90. The molecule has 0 saturated carbocycles. The standard InChI is InChI=1S/C16H19N3O3/c1-4-19-11(3)14(10(2)18-19)9-17-15(20)12-5-7-13(8-6-12)16(21)22/h5-8H,4,9H2,1-3H3,(H,17,20)(H,21,22). The number of carbonyl (C=O) groups is 2. The van der Waals surface area contributed by atoms with Crippen LogP contribution in [0.5, 0.6) is 0 Å². The fraction of sp³-hybridized carbons (Fsp3) is 0.312. The van der Waals surface area contributed by atoms with E-state index < -0.39 is 5.97 Å². The summed E-state index contributed by atoms with van der Waals surface area (Å²) in [5.41, 5.74) is 3.55. The lowest BCUT2D eigenvalue weighted by molar-refractivity contribution is 0.0696. The maximum Gasteiger partial charge on any atom is 0.335 e. The van der Waals surface area contributed by atoms with Gasteiger partial charge >= 0.3 is 5.97 Å². The highest BCUT2D eigenvalue weighted by atomic mass is 16.4. The van der Waals surface area contributed by atoms with Crippen LogP contribution in [0.4, 0.5) is 0 Å². The first kappa shape index (κ1) is 15.8. The van der Waals surface area contributed by atoms with E-state index in [9.17, 15) is 9.59 Å². The first-order valence-corrected chi connectivity index (χ1v) is 7.08. The number of carbonyl (C=O) groups excluding carboxylic acids is 1. The van der Waals surface area contributed by atoms with E-state index in [2.05, 4.69) is 10.4 Å². The van der Waals surface area contributed by atoms with Crippen LogP contribution in [0.15, 0.2) is 24.3 Å². The number of aryl methyl sites for hydroxylation is 2. The molecule has 0 atom stereocenters. The molecule has 1 aromatic carbocycles. The van der Waals surface area contributed by atoms with Crippen molar-refractivity contribution in [2.75, 3.05) is 0 Å². The van der Waals surface area contributed by atoms with Crippen molar-refractivity contribution in [1.82, 2.24) is 15.1 Å². The molecular formula is C16H19N3O3. The third kappa shape index (κ3) is 3.16. The molecule has 1 aromatic heterocycles. The number of nitrogens with zero attached hydrogens (tertiary/aromatic N) is 2. The Morgan fingerprint density at radius 2 is 1.77 bits per heavy atom. The molecule has 0 saturated heterocycles. The molecule has 0 spiro atoms. The van der Waals surface area contributed by atoms with Crippen molar-refractivity contribution in [3.63, 3.8) is 0 Å². The van der Waals surface area contributed by atoms with Gasteiger partial charge in [-0.2, -0.15) is 5.10 Å². The maximum absolute atomic E-state index is 12.1. The highest BCUT2D eigenvalue weighted by Crippen LogP contribution is 2.13. The molecule has 2 N–H and O–H groups in total. The number of hydrogen-bond donors (Lipinski definition) is 2. The van der Waals surface area contributed by atoms with Gasteiger partial charge in [-0.25, -0.2) is 4.79 Å². The Hall–Kier alpha value is -2.63. The van der Waals surface area contributed by atoms with Crippen molar-refractivity contribution < 1.29 is 14.7 Å². The second kappa shape index (κ2) is 6.43. The van der Waals surface area contributed by atoms with Gasteiger partial charge in [0.05, 0.1) is 11.3 Å². The van der Waals surface area contributed by atoms with Gasteiger partial charge in [0.2, 0.25) is 0 Å². The van der Waals surface area contributed by atoms with Crippen molar-refractivity contribution in [2.45, 2.75) is 33.9 Å². The van der Waals surface area contributed by atoms with Gasteiger partial charge in [-0.05, 0) is 45.0 Å². The van der Waals surface area contributed by atoms with E-state index in [1.807, 2.05) is 25.5 Å². The van der Waals surface area contributed by atoms with Gasteiger partial charge in [0.25, 0.3) is 5.91 Å². The van der Waals surface area contributed by atoms with Gasteiger partial charge in [0, 0.05) is 29.9 Å². The normalized spacial score (nSPS) is 10.5. The van der Waals surface area contributed by atoms with Crippen LogP contribution >= 0.6 is 0 Å². The molecule has 116 valence electrons. The van der Waals surface area contributed by atoms with E-state index >= 15 is 0 Å². The Bertz CT molecular complexity index is 702. The summed E-state index contributed by atoms with van der Waals surface area (Å²) in [5.74, 6) is -1.25. The zero-order chi connectivity index (χ0) is 16.3. The number of amides is 1. The number of benzene rings is 1. The van der Waals surface area contributed by atoms with Crippen LogP contribution in [0.3, 0.4) is 0 Å². The zero-order valence-corrected chi connectivity index (χ0v) is 12.9. The molecule has 2 aromatic rings. The number of nitrogens with one attached hydrogen (secondary N) is 1. The van der Waals surface area contributed by atoms with Gasteiger partial charge in [-0.1, -0.05) is 0 Å². The minimum absolute atomic E-state index is 0.160. The molecule has 0 bridgehead atoms. The van der Waals surface area contributed by atoms with Crippen LogP contribution in [-0.4, -0.2) is 26.8 Å². The molecule has 6 heteroatoms. The summed E-state index contributed by atoms with van der Waals surface area (Å²) in [6.07, 6.45) is 0. The van der Waals surface area contributed by atoms with Crippen molar-refractivity contribution in [3.8, 4) is 0 Å². The molecule has 0 aliphatic carbocycles. The molecule has 6 nitrogen and oxygen atoms in total. The molecule has 0 aliphatic heterocycles. The monoisotopic (exact) mass is 301 g/mol. The molecule has 0 fully saturated rings. The maximum atomic E-state index is 12.1. The fourth-order valence-corrected chi connectivity index (χ4v) is 2.33. The summed E-state index contributed by atoms with van der Waals surface area (Å²) in [7, 11) is 0. The van der Waals surface area contributed by atoms with Crippen LogP contribution in [0.2, 0.25) is 0 Å². The largest absolute Gasteiger partial charge is 0.478 e. The second-order valence-corrected chi connectivity index (χ2v) is 5.03. The Morgan fingerprint density at radius 3 is 2.27 bits per heavy atom. The Morgan fingerprint density at radius 1 is 1.18 bits per heavy atom. The van der Waals surface area contributed by atoms with Gasteiger partial charge in [-0.15, -0.1) is 0 Å². The van der Waals surface area contributed by atoms with Gasteiger partial charge in [0.15, 0.2) is 0 Å². The molecule has 0 radical (unpaired) electrons. The number of aromatic nitrogens is 2. The first-order chi connectivity index (χ1) is 10.4. The third-order valence-corrected chi connectivity index (χ3v) is 3.65. The number of hydrogen-bond acceptors (Lipinski definition) is 3. The summed E-state index contributed by atoms with van der Waals surface area (Å²) >= 11 is 0. The Balaban J connectivity index is 2.07. The van der Waals surface area contributed by atoms with E-state index in [-0.39, 0.29) is 11.5 Å². The van der Waals surface area contributed by atoms with Crippen molar-refractivity contribution in [2.24, 2.45) is 0 Å². The molecule has 0 unspecified atom stereocenters. The van der Waals surface area contributed by atoms with E-state index in [4.69, 9.17) is 5.11 Å². The van der Waals surface area contributed by atoms with Crippen LogP contribution in [-0.2, 0) is 13.1 Å². The summed E-state index contributed by atoms with van der Waals surface area (Å²) in [5, 5.41) is 16.1. The minimum Gasteiger partial charge on any atom is -0.478 e. The molecule has 2 rings (SSSR count). The number of carboxylic acid groups (broad SMARTS) is 1. The zero-order valence-electron chi connectivity index (χ0n) is 12.9. The van der Waals surface area contributed by atoms with E-state index in [0.29, 0.717) is 12.1 Å². The van der Waals surface area contributed by atoms with Crippen molar-refractivity contribution >= 4 is 11.9 Å². The summed E-state index contributed by atoms with van der Waals surface area (Å²) in [6.45, 7) is 7.11. The average molecular weight is 301 g/mol. The lowest BCUT2D eigenvalue weighted by Crippen LogP contribution is -2.23. The fourth-order valence-electron chi connectivity index (χ4n) is 2.33. The van der Waals surface area contributed by atoms with Gasteiger partial charge in [0.1, 0.15) is 0 Å². The number of aromatic carboxylic acids is 1. The van der Waals surface area contributed by atoms with E-state index in [0.717, 1.165) is 23.5 Å². The van der Waals surface area contributed by atoms with Crippen molar-refractivity contribution in [3.05, 3.63) is 52.3 Å². The predicted octanol–water partition coefficient (Wildman–Crippen LogP) is 2.15. The third-order valence-electron chi connectivity index (χ3n) is 3.65. The van der Waals surface area contributed by atoms with Crippen LogP contribution in [0.1, 0.15) is 44.6 Å². The van der Waals surface area contributed by atoms with Crippen LogP contribution in [0, 0.1) is 13.8 Å². The van der Waals surface area contributed by atoms with Gasteiger partial charge in [-0.3, -0.25) is 9.48 Å². The molecule has 0 aliphatic rings.